The van der Waals surface area contributed by atoms with Crippen molar-refractivity contribution in [2.75, 3.05) is 6.61 Å². The zero-order valence-electron chi connectivity index (χ0n) is 17.0. The van der Waals surface area contributed by atoms with E-state index in [1.807, 2.05) is 34.6 Å². The van der Waals surface area contributed by atoms with E-state index in [0.717, 1.165) is 0 Å². The van der Waals surface area contributed by atoms with Crippen molar-refractivity contribution in [2.45, 2.75) is 70.1 Å². The number of ether oxygens (including phenoxy) is 1. The minimum absolute atomic E-state index is 0.0503. The highest BCUT2D eigenvalue weighted by molar-refractivity contribution is 8.00. The van der Waals surface area contributed by atoms with Crippen LogP contribution in [0.5, 0.6) is 0 Å². The maximum Gasteiger partial charge on any atom is 0.262 e. The van der Waals surface area contributed by atoms with Crippen LogP contribution in [0.4, 0.5) is 0 Å². The van der Waals surface area contributed by atoms with E-state index in [1.165, 1.54) is 11.8 Å². The quantitative estimate of drug-likeness (QED) is 0.375. The molecule has 6 nitrogen and oxygen atoms in total. The van der Waals surface area contributed by atoms with Crippen LogP contribution < -0.4 is 10.9 Å². The van der Waals surface area contributed by atoms with Crippen molar-refractivity contribution in [2.24, 2.45) is 0 Å². The average molecular weight is 426 g/mol. The first-order valence-corrected chi connectivity index (χ1v) is 10.7. The fraction of sp³-hybridized carbons (Fsp3) is 0.550. The predicted molar refractivity (Wildman–Crippen MR) is 115 cm³/mol. The topological polar surface area (TPSA) is 73.2 Å². The van der Waals surface area contributed by atoms with Crippen LogP contribution in [-0.2, 0) is 16.1 Å². The lowest BCUT2D eigenvalue weighted by Gasteiger charge is -2.17. The summed E-state index contributed by atoms with van der Waals surface area (Å²) < 4.78 is 7.21. The molecule has 1 N–H and O–H groups in total. The molecule has 1 amide bonds. The third kappa shape index (κ3) is 6.22. The molecular formula is C20H28ClN3O3S. The molecule has 0 radical (unpaired) electrons. The van der Waals surface area contributed by atoms with Crippen LogP contribution in [0.1, 0.15) is 41.0 Å². The Balaban J connectivity index is 2.35. The smallest absolute Gasteiger partial charge is 0.262 e. The van der Waals surface area contributed by atoms with Gasteiger partial charge in [-0.3, -0.25) is 14.2 Å². The van der Waals surface area contributed by atoms with Crippen LogP contribution in [0.3, 0.4) is 0 Å². The normalized spacial score (nSPS) is 12.7. The van der Waals surface area contributed by atoms with Gasteiger partial charge < -0.3 is 10.1 Å². The molecule has 2 aromatic rings. The van der Waals surface area contributed by atoms with Crippen molar-refractivity contribution >= 4 is 40.2 Å². The maximum absolute atomic E-state index is 13.0. The van der Waals surface area contributed by atoms with Crippen LogP contribution in [0, 0.1) is 0 Å². The second-order valence-electron chi connectivity index (χ2n) is 7.21. The molecule has 1 atom stereocenters. The Morgan fingerprint density at radius 1 is 1.29 bits per heavy atom. The molecule has 28 heavy (non-hydrogen) atoms. The summed E-state index contributed by atoms with van der Waals surface area (Å²) in [4.78, 5) is 30.0. The number of nitrogens with zero attached hydrogens (tertiary/aromatic N) is 2. The summed E-state index contributed by atoms with van der Waals surface area (Å²) in [5.74, 6) is -0.0878. The summed E-state index contributed by atoms with van der Waals surface area (Å²) in [6.45, 7) is 10.6. The Bertz CT molecular complexity index is 883. The van der Waals surface area contributed by atoms with Gasteiger partial charge in [-0.2, -0.15) is 0 Å². The Morgan fingerprint density at radius 3 is 2.64 bits per heavy atom. The van der Waals surface area contributed by atoms with Crippen LogP contribution in [0.2, 0.25) is 5.02 Å². The van der Waals surface area contributed by atoms with E-state index in [0.29, 0.717) is 40.7 Å². The number of thioether (sulfide) groups is 1. The summed E-state index contributed by atoms with van der Waals surface area (Å²) in [5, 5.41) is 4.05. The molecular weight excluding hydrogens is 398 g/mol. The van der Waals surface area contributed by atoms with Crippen molar-refractivity contribution in [3.8, 4) is 0 Å². The van der Waals surface area contributed by atoms with Crippen molar-refractivity contribution in [1.29, 1.82) is 0 Å². The van der Waals surface area contributed by atoms with E-state index in [-0.39, 0.29) is 28.9 Å². The molecule has 154 valence electrons. The van der Waals surface area contributed by atoms with Gasteiger partial charge in [0, 0.05) is 24.2 Å². The Morgan fingerprint density at radius 2 is 2.00 bits per heavy atom. The number of hydrogen-bond acceptors (Lipinski definition) is 5. The predicted octanol–water partition coefficient (Wildman–Crippen LogP) is 3.87. The van der Waals surface area contributed by atoms with E-state index >= 15 is 0 Å². The van der Waals surface area contributed by atoms with Crippen LogP contribution in [0.25, 0.3) is 10.9 Å². The summed E-state index contributed by atoms with van der Waals surface area (Å²) in [6.07, 6.45) is 0.820. The fourth-order valence-electron chi connectivity index (χ4n) is 2.62. The summed E-state index contributed by atoms with van der Waals surface area (Å²) in [5.41, 5.74) is 0.399. The highest BCUT2D eigenvalue weighted by Crippen LogP contribution is 2.24. The lowest BCUT2D eigenvalue weighted by molar-refractivity contribution is -0.120. The van der Waals surface area contributed by atoms with Crippen LogP contribution in [0.15, 0.2) is 28.2 Å². The van der Waals surface area contributed by atoms with Gasteiger partial charge in [-0.1, -0.05) is 23.4 Å². The van der Waals surface area contributed by atoms with Crippen molar-refractivity contribution in [3.63, 3.8) is 0 Å². The Hall–Kier alpha value is -1.57. The van der Waals surface area contributed by atoms with E-state index in [9.17, 15) is 9.59 Å². The number of halogens is 1. The zero-order chi connectivity index (χ0) is 20.8. The second kappa shape index (κ2) is 10.3. The molecule has 8 heteroatoms. The lowest BCUT2D eigenvalue weighted by Crippen LogP contribution is -2.36. The largest absolute Gasteiger partial charge is 0.379 e. The summed E-state index contributed by atoms with van der Waals surface area (Å²) in [7, 11) is 0. The van der Waals surface area contributed by atoms with Gasteiger partial charge in [-0.05, 0) is 59.2 Å². The standard InChI is InChI=1S/C20H28ClN3O3S/c1-12(2)22-18(25)14(5)28-20-23-17-11-15(21)7-8-16(17)19(26)24(20)9-6-10-27-13(3)4/h7-8,11-14H,6,9-10H2,1-5H3,(H,22,25). The summed E-state index contributed by atoms with van der Waals surface area (Å²) >= 11 is 7.35. The number of carbonyl (C=O) groups is 1. The SMILES string of the molecule is CC(C)NC(=O)C(C)Sc1nc2cc(Cl)ccc2c(=O)n1CCCOC(C)C. The number of benzene rings is 1. The molecule has 2 rings (SSSR count). The number of rotatable bonds is 9. The first-order valence-electron chi connectivity index (χ1n) is 9.47. The third-order valence-electron chi connectivity index (χ3n) is 3.94. The van der Waals surface area contributed by atoms with Crippen molar-refractivity contribution < 1.29 is 9.53 Å². The monoisotopic (exact) mass is 425 g/mol. The van der Waals surface area contributed by atoms with Gasteiger partial charge in [-0.25, -0.2) is 4.98 Å². The van der Waals surface area contributed by atoms with Crippen LogP contribution in [-0.4, -0.2) is 39.5 Å². The summed E-state index contributed by atoms with van der Waals surface area (Å²) in [6, 6.07) is 5.10. The molecule has 0 fully saturated rings. The molecule has 0 spiro atoms. The third-order valence-corrected chi connectivity index (χ3v) is 5.27. The van der Waals surface area contributed by atoms with Gasteiger partial charge >= 0.3 is 0 Å². The van der Waals surface area contributed by atoms with E-state index in [2.05, 4.69) is 10.3 Å². The number of fused-ring (bicyclic) bond motifs is 1. The highest BCUT2D eigenvalue weighted by Gasteiger charge is 2.20. The van der Waals surface area contributed by atoms with Gasteiger partial charge in [0.25, 0.3) is 5.56 Å². The van der Waals surface area contributed by atoms with Gasteiger partial charge in [0.2, 0.25) is 5.91 Å². The number of carbonyl (C=O) groups excluding carboxylic acids is 1. The molecule has 0 bridgehead atoms. The molecule has 0 aliphatic rings. The lowest BCUT2D eigenvalue weighted by atomic mass is 10.2. The molecule has 1 aromatic heterocycles. The van der Waals surface area contributed by atoms with Crippen LogP contribution >= 0.6 is 23.4 Å². The van der Waals surface area contributed by atoms with E-state index in [4.69, 9.17) is 16.3 Å². The minimum atomic E-state index is -0.385. The zero-order valence-corrected chi connectivity index (χ0v) is 18.6. The van der Waals surface area contributed by atoms with Gasteiger partial charge in [0.05, 0.1) is 22.3 Å². The molecule has 1 unspecified atom stereocenters. The van der Waals surface area contributed by atoms with E-state index in [1.54, 1.807) is 22.8 Å². The Labute approximate surface area is 175 Å². The fourth-order valence-corrected chi connectivity index (χ4v) is 3.73. The van der Waals surface area contributed by atoms with Crippen molar-refractivity contribution in [1.82, 2.24) is 14.9 Å². The minimum Gasteiger partial charge on any atom is -0.379 e. The molecule has 0 aliphatic heterocycles. The van der Waals surface area contributed by atoms with Crippen molar-refractivity contribution in [3.05, 3.63) is 33.6 Å². The molecule has 0 saturated carbocycles. The molecule has 0 saturated heterocycles. The Kier molecular flexibility index (Phi) is 8.34. The maximum atomic E-state index is 13.0. The van der Waals surface area contributed by atoms with E-state index < -0.39 is 0 Å². The number of aromatic nitrogens is 2. The molecule has 0 aliphatic carbocycles. The number of nitrogens with one attached hydrogen (secondary N) is 1. The first kappa shape index (κ1) is 22.7. The average Bonchev–Trinajstić information content (AvgIpc) is 2.59. The number of hydrogen-bond donors (Lipinski definition) is 1. The highest BCUT2D eigenvalue weighted by atomic mass is 35.5. The number of amides is 1. The first-order chi connectivity index (χ1) is 13.2. The van der Waals surface area contributed by atoms with Gasteiger partial charge in [-0.15, -0.1) is 0 Å². The molecule has 1 aromatic carbocycles. The molecule has 1 heterocycles. The van der Waals surface area contributed by atoms with Gasteiger partial charge in [0.15, 0.2) is 5.16 Å². The van der Waals surface area contributed by atoms with Gasteiger partial charge in [0.1, 0.15) is 0 Å². The second-order valence-corrected chi connectivity index (χ2v) is 8.95.